The standard InChI is InChI=1S/C26H35NO6/c1-18-22(30-4)16-20(17-23(18)31-5)24(28)21(13-12-19-10-8-7-9-11-19)27-14-15-33-26(2,3)25(29)32-6/h7-11,16-17,21,27H,12-15H2,1-6H3. The maximum atomic E-state index is 13.5. The average molecular weight is 458 g/mol. The maximum Gasteiger partial charge on any atom is 0.337 e. The van der Waals surface area contributed by atoms with E-state index < -0.39 is 17.6 Å². The first kappa shape index (κ1) is 26.4. The number of Topliss-reactive ketones (excluding diaryl/α,β-unsaturated/α-hetero) is 1. The Morgan fingerprint density at radius 2 is 1.61 bits per heavy atom. The molecule has 2 aromatic rings. The van der Waals surface area contributed by atoms with Crippen molar-refractivity contribution < 1.29 is 28.5 Å². The van der Waals surface area contributed by atoms with Crippen molar-refractivity contribution >= 4 is 11.8 Å². The molecule has 0 spiro atoms. The largest absolute Gasteiger partial charge is 0.496 e. The SMILES string of the molecule is COC(=O)C(C)(C)OCCNC(CCc1ccccc1)C(=O)c1cc(OC)c(C)c(OC)c1. The second-order valence-electron chi connectivity index (χ2n) is 8.25. The van der Waals surface area contributed by atoms with Gasteiger partial charge in [-0.3, -0.25) is 4.79 Å². The molecule has 7 nitrogen and oxygen atoms in total. The van der Waals surface area contributed by atoms with Gasteiger partial charge in [-0.2, -0.15) is 0 Å². The van der Waals surface area contributed by atoms with Gasteiger partial charge < -0.3 is 24.3 Å². The molecule has 2 aromatic carbocycles. The number of rotatable bonds is 13. The summed E-state index contributed by atoms with van der Waals surface area (Å²) in [5.41, 5.74) is 1.44. The van der Waals surface area contributed by atoms with Gasteiger partial charge in [0.05, 0.1) is 34.0 Å². The summed E-state index contributed by atoms with van der Waals surface area (Å²) >= 11 is 0. The van der Waals surface area contributed by atoms with Gasteiger partial charge in [-0.15, -0.1) is 0 Å². The van der Waals surface area contributed by atoms with Crippen LogP contribution in [0.25, 0.3) is 0 Å². The summed E-state index contributed by atoms with van der Waals surface area (Å²) in [4.78, 5) is 25.3. The minimum absolute atomic E-state index is 0.0604. The molecule has 33 heavy (non-hydrogen) atoms. The van der Waals surface area contributed by atoms with Gasteiger partial charge in [0, 0.05) is 17.7 Å². The number of ketones is 1. The van der Waals surface area contributed by atoms with Gasteiger partial charge in [-0.25, -0.2) is 4.79 Å². The minimum atomic E-state index is -1.06. The molecule has 2 rings (SSSR count). The van der Waals surface area contributed by atoms with Gasteiger partial charge in [0.1, 0.15) is 11.5 Å². The van der Waals surface area contributed by atoms with Gasteiger partial charge in [-0.05, 0) is 51.3 Å². The van der Waals surface area contributed by atoms with Crippen LogP contribution in [-0.2, 0) is 20.7 Å². The van der Waals surface area contributed by atoms with Crippen LogP contribution in [0, 0.1) is 6.92 Å². The third-order valence-electron chi connectivity index (χ3n) is 5.55. The zero-order valence-corrected chi connectivity index (χ0v) is 20.4. The van der Waals surface area contributed by atoms with Crippen LogP contribution in [0.2, 0.25) is 0 Å². The molecular formula is C26H35NO6. The molecule has 0 radical (unpaired) electrons. The van der Waals surface area contributed by atoms with E-state index in [1.807, 2.05) is 37.3 Å². The number of benzene rings is 2. The lowest BCUT2D eigenvalue weighted by molar-refractivity contribution is -0.164. The minimum Gasteiger partial charge on any atom is -0.496 e. The number of hydrogen-bond acceptors (Lipinski definition) is 7. The number of carbonyl (C=O) groups excluding carboxylic acids is 2. The summed E-state index contributed by atoms with van der Waals surface area (Å²) in [6.07, 6.45) is 1.33. The van der Waals surface area contributed by atoms with Crippen LogP contribution in [0.1, 0.15) is 41.8 Å². The Morgan fingerprint density at radius 1 is 1.00 bits per heavy atom. The highest BCUT2D eigenvalue weighted by Crippen LogP contribution is 2.30. The van der Waals surface area contributed by atoms with Crippen molar-refractivity contribution in [2.45, 2.75) is 45.3 Å². The third kappa shape index (κ3) is 7.30. The first-order valence-corrected chi connectivity index (χ1v) is 11.0. The fraction of sp³-hybridized carbons (Fsp3) is 0.462. The second-order valence-corrected chi connectivity index (χ2v) is 8.25. The molecule has 0 amide bonds. The van der Waals surface area contributed by atoms with Gasteiger partial charge in [0.15, 0.2) is 11.4 Å². The molecule has 1 N–H and O–H groups in total. The number of nitrogens with one attached hydrogen (secondary N) is 1. The third-order valence-corrected chi connectivity index (χ3v) is 5.55. The highest BCUT2D eigenvalue weighted by molar-refractivity contribution is 6.01. The van der Waals surface area contributed by atoms with Crippen LogP contribution in [0.5, 0.6) is 11.5 Å². The van der Waals surface area contributed by atoms with Crippen LogP contribution in [0.15, 0.2) is 42.5 Å². The molecule has 0 aliphatic rings. The first-order valence-electron chi connectivity index (χ1n) is 11.0. The molecule has 7 heteroatoms. The predicted octanol–water partition coefficient (Wildman–Crippen LogP) is 3.75. The summed E-state index contributed by atoms with van der Waals surface area (Å²) in [5, 5.41) is 3.30. The lowest BCUT2D eigenvalue weighted by Crippen LogP contribution is -2.42. The molecule has 1 atom stereocenters. The number of methoxy groups -OCH3 is 3. The molecule has 0 aliphatic carbocycles. The maximum absolute atomic E-state index is 13.5. The van der Waals surface area contributed by atoms with E-state index in [1.54, 1.807) is 40.2 Å². The second kappa shape index (κ2) is 12.4. The van der Waals surface area contributed by atoms with Crippen LogP contribution < -0.4 is 14.8 Å². The molecule has 0 bridgehead atoms. The lowest BCUT2D eigenvalue weighted by atomic mass is 9.96. The van der Waals surface area contributed by atoms with Crippen molar-refractivity contribution in [1.29, 1.82) is 0 Å². The summed E-state index contributed by atoms with van der Waals surface area (Å²) in [5.74, 6) is 0.693. The van der Waals surface area contributed by atoms with E-state index in [9.17, 15) is 9.59 Å². The summed E-state index contributed by atoms with van der Waals surface area (Å²) < 4.78 is 21.3. The van der Waals surface area contributed by atoms with Crippen LogP contribution >= 0.6 is 0 Å². The molecule has 0 aliphatic heterocycles. The Labute approximate surface area is 196 Å². The van der Waals surface area contributed by atoms with E-state index in [0.717, 1.165) is 17.5 Å². The quantitative estimate of drug-likeness (QED) is 0.279. The fourth-order valence-corrected chi connectivity index (χ4v) is 3.56. The Balaban J connectivity index is 2.16. The normalized spacial score (nSPS) is 12.2. The van der Waals surface area contributed by atoms with Gasteiger partial charge >= 0.3 is 5.97 Å². The van der Waals surface area contributed by atoms with E-state index >= 15 is 0 Å². The number of aryl methyl sites for hydroxylation is 1. The molecule has 0 fully saturated rings. The van der Waals surface area contributed by atoms with Gasteiger partial charge in [0.25, 0.3) is 0 Å². The Morgan fingerprint density at radius 3 is 2.15 bits per heavy atom. The van der Waals surface area contributed by atoms with Crippen LogP contribution in [0.3, 0.4) is 0 Å². The average Bonchev–Trinajstić information content (AvgIpc) is 2.83. The highest BCUT2D eigenvalue weighted by atomic mass is 16.6. The molecule has 1 unspecified atom stereocenters. The Hall–Kier alpha value is -2.90. The monoisotopic (exact) mass is 457 g/mol. The van der Waals surface area contributed by atoms with Gasteiger partial charge in [-0.1, -0.05) is 30.3 Å². The number of carbonyl (C=O) groups is 2. The number of hydrogen-bond donors (Lipinski definition) is 1. The van der Waals surface area contributed by atoms with E-state index in [4.69, 9.17) is 18.9 Å². The Bertz CT molecular complexity index is 901. The fourth-order valence-electron chi connectivity index (χ4n) is 3.56. The van der Waals surface area contributed by atoms with Crippen molar-refractivity contribution in [2.75, 3.05) is 34.5 Å². The number of ether oxygens (including phenoxy) is 4. The van der Waals surface area contributed by atoms with Crippen molar-refractivity contribution in [3.63, 3.8) is 0 Å². The van der Waals surface area contributed by atoms with E-state index in [-0.39, 0.29) is 12.4 Å². The smallest absolute Gasteiger partial charge is 0.337 e. The molecular weight excluding hydrogens is 422 g/mol. The first-order chi connectivity index (χ1) is 15.7. The van der Waals surface area contributed by atoms with Crippen LogP contribution in [0.4, 0.5) is 0 Å². The predicted molar refractivity (Wildman–Crippen MR) is 127 cm³/mol. The van der Waals surface area contributed by atoms with Crippen LogP contribution in [-0.4, -0.2) is 57.9 Å². The van der Waals surface area contributed by atoms with Crippen molar-refractivity contribution in [3.8, 4) is 11.5 Å². The lowest BCUT2D eigenvalue weighted by Gasteiger charge is -2.24. The van der Waals surface area contributed by atoms with Crippen molar-refractivity contribution in [1.82, 2.24) is 5.32 Å². The zero-order chi connectivity index (χ0) is 24.4. The number of esters is 1. The molecule has 0 aromatic heterocycles. The molecule has 0 saturated heterocycles. The zero-order valence-electron chi connectivity index (χ0n) is 20.4. The van der Waals surface area contributed by atoms with Gasteiger partial charge in [0.2, 0.25) is 0 Å². The highest BCUT2D eigenvalue weighted by Gasteiger charge is 2.29. The summed E-state index contributed by atoms with van der Waals surface area (Å²) in [6, 6.07) is 13.1. The Kier molecular flexibility index (Phi) is 9.88. The van der Waals surface area contributed by atoms with E-state index in [0.29, 0.717) is 30.0 Å². The van der Waals surface area contributed by atoms with Crippen molar-refractivity contribution in [3.05, 3.63) is 59.2 Å². The van der Waals surface area contributed by atoms with E-state index in [1.165, 1.54) is 7.11 Å². The molecule has 0 heterocycles. The van der Waals surface area contributed by atoms with E-state index in [2.05, 4.69) is 5.32 Å². The molecule has 180 valence electrons. The topological polar surface area (TPSA) is 83.1 Å². The summed E-state index contributed by atoms with van der Waals surface area (Å²) in [7, 11) is 4.47. The molecule has 0 saturated carbocycles. The van der Waals surface area contributed by atoms with Crippen molar-refractivity contribution in [2.24, 2.45) is 0 Å². The summed E-state index contributed by atoms with van der Waals surface area (Å²) in [6.45, 7) is 5.84.